The SMILES string of the molecule is COc1ccc(CN(C(=O)OC(C)(C)C)c2nc(Cl)cc3c2ncn3C)cc1. The van der Waals surface area contributed by atoms with Crippen LogP contribution in [0.15, 0.2) is 36.7 Å². The van der Waals surface area contributed by atoms with Crippen molar-refractivity contribution in [1.29, 1.82) is 0 Å². The van der Waals surface area contributed by atoms with E-state index in [0.717, 1.165) is 16.8 Å². The summed E-state index contributed by atoms with van der Waals surface area (Å²) in [5, 5.41) is 0.273. The van der Waals surface area contributed by atoms with Crippen LogP contribution >= 0.6 is 11.6 Å². The number of benzene rings is 1. The van der Waals surface area contributed by atoms with Crippen LogP contribution in [0.2, 0.25) is 5.15 Å². The first-order valence-electron chi connectivity index (χ1n) is 8.79. The predicted octanol–water partition coefficient (Wildman–Crippen LogP) is 4.57. The molecule has 0 N–H and O–H groups in total. The lowest BCUT2D eigenvalue weighted by molar-refractivity contribution is 0.0576. The van der Waals surface area contributed by atoms with Gasteiger partial charge in [0.1, 0.15) is 22.0 Å². The summed E-state index contributed by atoms with van der Waals surface area (Å²) in [5.41, 5.74) is 1.58. The second kappa shape index (κ2) is 7.67. The van der Waals surface area contributed by atoms with Crippen molar-refractivity contribution in [2.24, 2.45) is 7.05 Å². The molecule has 0 aliphatic rings. The van der Waals surface area contributed by atoms with Crippen LogP contribution < -0.4 is 9.64 Å². The second-order valence-electron chi connectivity index (χ2n) is 7.41. The Labute approximate surface area is 168 Å². The van der Waals surface area contributed by atoms with Gasteiger partial charge in [-0.3, -0.25) is 4.90 Å². The van der Waals surface area contributed by atoms with Crippen LogP contribution in [-0.4, -0.2) is 33.3 Å². The number of aromatic nitrogens is 3. The maximum atomic E-state index is 13.0. The number of carbonyl (C=O) groups excluding carboxylic acids is 1. The molecular weight excluding hydrogens is 380 g/mol. The Balaban J connectivity index is 2.06. The van der Waals surface area contributed by atoms with E-state index in [0.29, 0.717) is 11.3 Å². The Bertz CT molecular complexity index is 993. The average Bonchev–Trinajstić information content (AvgIpc) is 2.99. The number of methoxy groups -OCH3 is 1. The molecule has 2 heterocycles. The molecule has 0 aliphatic carbocycles. The highest BCUT2D eigenvalue weighted by atomic mass is 35.5. The zero-order valence-electron chi connectivity index (χ0n) is 16.6. The number of aryl methyl sites for hydroxylation is 1. The van der Waals surface area contributed by atoms with E-state index in [9.17, 15) is 4.79 Å². The third-order valence-electron chi connectivity index (χ3n) is 4.03. The number of pyridine rings is 1. The van der Waals surface area contributed by atoms with Crippen LogP contribution in [-0.2, 0) is 18.3 Å². The number of halogens is 1. The number of hydrogen-bond acceptors (Lipinski definition) is 5. The summed E-state index contributed by atoms with van der Waals surface area (Å²) in [5.74, 6) is 1.09. The van der Waals surface area contributed by atoms with Gasteiger partial charge in [0.2, 0.25) is 0 Å². The highest BCUT2D eigenvalue weighted by molar-refractivity contribution is 6.30. The second-order valence-corrected chi connectivity index (χ2v) is 7.79. The van der Waals surface area contributed by atoms with Crippen molar-refractivity contribution in [3.63, 3.8) is 0 Å². The van der Waals surface area contributed by atoms with Crippen LogP contribution in [0.5, 0.6) is 5.75 Å². The van der Waals surface area contributed by atoms with Crippen molar-refractivity contribution in [2.75, 3.05) is 12.0 Å². The quantitative estimate of drug-likeness (QED) is 0.598. The molecule has 7 nitrogen and oxygen atoms in total. The highest BCUT2D eigenvalue weighted by Crippen LogP contribution is 2.29. The molecule has 0 spiro atoms. The normalized spacial score (nSPS) is 11.5. The molecule has 0 fully saturated rings. The number of imidazole rings is 1. The summed E-state index contributed by atoms with van der Waals surface area (Å²) < 4.78 is 12.6. The van der Waals surface area contributed by atoms with Crippen molar-refractivity contribution >= 4 is 34.5 Å². The van der Waals surface area contributed by atoms with E-state index < -0.39 is 11.7 Å². The minimum absolute atomic E-state index is 0.248. The van der Waals surface area contributed by atoms with Gasteiger partial charge in [0.05, 0.1) is 25.5 Å². The van der Waals surface area contributed by atoms with Crippen LogP contribution in [0.25, 0.3) is 11.0 Å². The van der Waals surface area contributed by atoms with E-state index in [-0.39, 0.29) is 11.7 Å². The fraction of sp³-hybridized carbons (Fsp3) is 0.350. The molecule has 0 atom stereocenters. The minimum Gasteiger partial charge on any atom is -0.497 e. The zero-order valence-corrected chi connectivity index (χ0v) is 17.3. The summed E-state index contributed by atoms with van der Waals surface area (Å²) in [6, 6.07) is 9.16. The topological polar surface area (TPSA) is 69.5 Å². The predicted molar refractivity (Wildman–Crippen MR) is 109 cm³/mol. The Hall–Kier alpha value is -2.80. The number of ether oxygens (including phenoxy) is 2. The third-order valence-corrected chi connectivity index (χ3v) is 4.23. The van der Waals surface area contributed by atoms with Crippen LogP contribution in [0.4, 0.5) is 10.6 Å². The van der Waals surface area contributed by atoms with Crippen molar-refractivity contribution in [1.82, 2.24) is 14.5 Å². The molecule has 0 radical (unpaired) electrons. The van der Waals surface area contributed by atoms with Crippen molar-refractivity contribution in [3.8, 4) is 5.75 Å². The van der Waals surface area contributed by atoms with Crippen LogP contribution in [0.1, 0.15) is 26.3 Å². The molecule has 8 heteroatoms. The summed E-state index contributed by atoms with van der Waals surface area (Å²) >= 11 is 6.23. The van der Waals surface area contributed by atoms with E-state index >= 15 is 0 Å². The van der Waals surface area contributed by atoms with Gasteiger partial charge in [0.15, 0.2) is 5.82 Å². The third kappa shape index (κ3) is 4.36. The van der Waals surface area contributed by atoms with E-state index in [1.54, 1.807) is 19.5 Å². The summed E-state index contributed by atoms with van der Waals surface area (Å²) in [6.45, 7) is 5.70. The first-order chi connectivity index (χ1) is 13.2. The van der Waals surface area contributed by atoms with Crippen LogP contribution in [0, 0.1) is 0 Å². The van der Waals surface area contributed by atoms with Gasteiger partial charge >= 0.3 is 6.09 Å². The number of fused-ring (bicyclic) bond motifs is 1. The first-order valence-corrected chi connectivity index (χ1v) is 9.17. The molecule has 1 aromatic carbocycles. The molecule has 0 bridgehead atoms. The largest absolute Gasteiger partial charge is 0.497 e. The fourth-order valence-corrected chi connectivity index (χ4v) is 2.91. The van der Waals surface area contributed by atoms with Crippen molar-refractivity contribution in [3.05, 3.63) is 47.4 Å². The minimum atomic E-state index is -0.656. The van der Waals surface area contributed by atoms with E-state index in [4.69, 9.17) is 21.1 Å². The average molecular weight is 403 g/mol. The Kier molecular flexibility index (Phi) is 5.47. The van der Waals surface area contributed by atoms with Gasteiger partial charge in [0.25, 0.3) is 0 Å². The Morgan fingerprint density at radius 2 is 1.93 bits per heavy atom. The fourth-order valence-electron chi connectivity index (χ4n) is 2.73. The molecule has 3 rings (SSSR count). The molecule has 148 valence electrons. The summed E-state index contributed by atoms with van der Waals surface area (Å²) in [4.78, 5) is 23.2. The van der Waals surface area contributed by atoms with E-state index in [2.05, 4.69) is 9.97 Å². The molecule has 28 heavy (non-hydrogen) atoms. The monoisotopic (exact) mass is 402 g/mol. The number of nitrogens with zero attached hydrogens (tertiary/aromatic N) is 4. The number of anilines is 1. The van der Waals surface area contributed by atoms with Gasteiger partial charge in [-0.2, -0.15) is 0 Å². The molecule has 0 unspecified atom stereocenters. The standard InChI is InChI=1S/C20H23ClN4O3/c1-20(2,3)28-19(26)25(11-13-6-8-14(27-5)9-7-13)18-17-15(10-16(21)23-18)24(4)12-22-17/h6-10,12H,11H2,1-5H3. The molecule has 1 amide bonds. The van der Waals surface area contributed by atoms with Crippen LogP contribution in [0.3, 0.4) is 0 Å². The van der Waals surface area contributed by atoms with Gasteiger partial charge in [-0.15, -0.1) is 0 Å². The maximum Gasteiger partial charge on any atom is 0.416 e. The smallest absolute Gasteiger partial charge is 0.416 e. The number of amides is 1. The van der Waals surface area contributed by atoms with Gasteiger partial charge in [-0.25, -0.2) is 14.8 Å². The van der Waals surface area contributed by atoms with Gasteiger partial charge in [0, 0.05) is 13.1 Å². The summed E-state index contributed by atoms with van der Waals surface area (Å²) in [6.07, 6.45) is 1.14. The van der Waals surface area contributed by atoms with Crippen molar-refractivity contribution < 1.29 is 14.3 Å². The summed E-state index contributed by atoms with van der Waals surface area (Å²) in [7, 11) is 3.46. The lowest BCUT2D eigenvalue weighted by Gasteiger charge is -2.27. The van der Waals surface area contributed by atoms with Crippen molar-refractivity contribution in [2.45, 2.75) is 32.9 Å². The molecule has 0 aliphatic heterocycles. The molecular formula is C20H23ClN4O3. The molecule has 2 aromatic heterocycles. The van der Waals surface area contributed by atoms with Gasteiger partial charge in [-0.1, -0.05) is 23.7 Å². The first kappa shape index (κ1) is 19.9. The van der Waals surface area contributed by atoms with E-state index in [1.165, 1.54) is 4.90 Å². The van der Waals surface area contributed by atoms with Gasteiger partial charge < -0.3 is 14.0 Å². The molecule has 0 saturated carbocycles. The Morgan fingerprint density at radius 1 is 1.25 bits per heavy atom. The number of rotatable bonds is 4. The number of carbonyl (C=O) groups is 1. The molecule has 0 saturated heterocycles. The van der Waals surface area contributed by atoms with Gasteiger partial charge in [-0.05, 0) is 38.5 Å². The Morgan fingerprint density at radius 3 is 2.54 bits per heavy atom. The zero-order chi connectivity index (χ0) is 20.5. The number of hydrogen-bond donors (Lipinski definition) is 0. The highest BCUT2D eigenvalue weighted by Gasteiger charge is 2.27. The lowest BCUT2D eigenvalue weighted by atomic mass is 10.2. The van der Waals surface area contributed by atoms with E-state index in [1.807, 2.05) is 56.7 Å². The maximum absolute atomic E-state index is 13.0. The lowest BCUT2D eigenvalue weighted by Crippen LogP contribution is -2.37. The molecule has 3 aromatic rings.